The molecule has 2 heterocycles. The third-order valence-electron chi connectivity index (χ3n) is 4.42. The summed E-state index contributed by atoms with van der Waals surface area (Å²) in [6.07, 6.45) is -4.56. The van der Waals surface area contributed by atoms with Gasteiger partial charge in [0.05, 0.1) is 27.6 Å². The molecule has 1 amide bonds. The van der Waals surface area contributed by atoms with E-state index >= 15 is 0 Å². The van der Waals surface area contributed by atoms with Crippen LogP contribution in [0.2, 0.25) is 0 Å². The minimum atomic E-state index is -4.56. The number of fused-ring (bicyclic) bond motifs is 1. The maximum Gasteiger partial charge on any atom is 0.417 e. The van der Waals surface area contributed by atoms with E-state index in [-0.39, 0.29) is 33.4 Å². The molecule has 3 rings (SSSR count). The second kappa shape index (κ2) is 8.73. The molecule has 2 aromatic heterocycles. The van der Waals surface area contributed by atoms with Gasteiger partial charge in [-0.15, -0.1) is 11.3 Å². The highest BCUT2D eigenvalue weighted by Gasteiger charge is 2.34. The fourth-order valence-corrected chi connectivity index (χ4v) is 4.95. The van der Waals surface area contributed by atoms with Gasteiger partial charge in [-0.2, -0.15) is 13.2 Å². The number of hydrogen-bond donors (Lipinski definition) is 1. The molecule has 0 aliphatic carbocycles. The Morgan fingerprint density at radius 2 is 1.93 bits per heavy atom. The third-order valence-corrected chi connectivity index (χ3v) is 6.70. The number of hydrogen-bond acceptors (Lipinski definition) is 6. The Morgan fingerprint density at radius 1 is 1.20 bits per heavy atom. The van der Waals surface area contributed by atoms with Crippen LogP contribution in [0.25, 0.3) is 10.9 Å². The van der Waals surface area contributed by atoms with Crippen molar-refractivity contribution in [2.75, 3.05) is 12.8 Å². The van der Waals surface area contributed by atoms with Crippen LogP contribution < -0.4 is 5.32 Å². The number of halogens is 3. The van der Waals surface area contributed by atoms with E-state index in [1.54, 1.807) is 33.0 Å². The average Bonchev–Trinajstić information content (AvgIpc) is 3.19. The molecular formula is C20H18F3N3O2S2. The normalized spacial score (nSPS) is 12.7. The van der Waals surface area contributed by atoms with Crippen molar-refractivity contribution >= 4 is 45.7 Å². The highest BCUT2D eigenvalue weighted by molar-refractivity contribution is 8.00. The van der Waals surface area contributed by atoms with E-state index in [4.69, 9.17) is 0 Å². The standard InChI is InChI=1S/C20H18F3N3O2S2/c1-10(18(28)24-3)15-7-8-16(30-15)14(27)9-29-19-17-12(20(21,22)23)5-4-6-13(17)25-11(2)26-19/h4-8,10H,9H2,1-3H3,(H,24,28). The summed E-state index contributed by atoms with van der Waals surface area (Å²) in [5, 5.41) is 2.58. The molecule has 1 unspecified atom stereocenters. The maximum atomic E-state index is 13.5. The lowest BCUT2D eigenvalue weighted by Crippen LogP contribution is -2.23. The van der Waals surface area contributed by atoms with E-state index in [0.717, 1.165) is 22.7 Å². The molecule has 10 heteroatoms. The summed E-state index contributed by atoms with van der Waals surface area (Å²) in [5.41, 5.74) is -0.641. The number of nitrogens with one attached hydrogen (secondary N) is 1. The van der Waals surface area contributed by atoms with Crippen molar-refractivity contribution in [3.05, 3.63) is 51.5 Å². The summed E-state index contributed by atoms with van der Waals surface area (Å²) in [7, 11) is 1.54. The molecule has 0 saturated heterocycles. The number of ketones is 1. The molecule has 0 bridgehead atoms. The van der Waals surface area contributed by atoms with Gasteiger partial charge < -0.3 is 5.32 Å². The number of Topliss-reactive ketones (excluding diaryl/α,β-unsaturated/α-hetero) is 1. The molecule has 3 aromatic rings. The first-order chi connectivity index (χ1) is 14.1. The van der Waals surface area contributed by atoms with Crippen LogP contribution in [-0.4, -0.2) is 34.5 Å². The second-order valence-corrected chi connectivity index (χ2v) is 8.60. The molecule has 0 saturated carbocycles. The molecule has 0 radical (unpaired) electrons. The Hall–Kier alpha value is -2.46. The van der Waals surface area contributed by atoms with Gasteiger partial charge in [0.2, 0.25) is 5.91 Å². The van der Waals surface area contributed by atoms with Gasteiger partial charge in [0.25, 0.3) is 0 Å². The SMILES string of the molecule is CNC(=O)C(C)c1ccc(C(=O)CSc2nc(C)nc3cccc(C(F)(F)F)c23)s1. The fraction of sp³-hybridized carbons (Fsp3) is 0.300. The van der Waals surface area contributed by atoms with Crippen LogP contribution in [-0.2, 0) is 11.0 Å². The van der Waals surface area contributed by atoms with E-state index in [1.807, 2.05) is 0 Å². The molecule has 158 valence electrons. The molecule has 5 nitrogen and oxygen atoms in total. The molecule has 30 heavy (non-hydrogen) atoms. The highest BCUT2D eigenvalue weighted by Crippen LogP contribution is 2.38. The molecule has 0 aliphatic heterocycles. The van der Waals surface area contributed by atoms with Gasteiger partial charge in [-0.1, -0.05) is 17.8 Å². The predicted octanol–water partition coefficient (Wildman–Crippen LogP) is 4.84. The number of aromatic nitrogens is 2. The minimum Gasteiger partial charge on any atom is -0.359 e. The summed E-state index contributed by atoms with van der Waals surface area (Å²) in [5.74, 6) is -0.542. The number of likely N-dealkylation sites (N-methyl/N-ethyl adjacent to an activating group) is 1. The summed E-state index contributed by atoms with van der Waals surface area (Å²) in [6, 6.07) is 7.13. The first kappa shape index (κ1) is 22.2. The van der Waals surface area contributed by atoms with Crippen LogP contribution in [0.1, 0.15) is 38.8 Å². The summed E-state index contributed by atoms with van der Waals surface area (Å²) < 4.78 is 40.4. The summed E-state index contributed by atoms with van der Waals surface area (Å²) >= 11 is 2.16. The zero-order chi connectivity index (χ0) is 22.1. The molecule has 0 fully saturated rings. The molecule has 0 aliphatic rings. The van der Waals surface area contributed by atoms with Gasteiger partial charge in [-0.25, -0.2) is 9.97 Å². The number of carbonyl (C=O) groups is 2. The van der Waals surface area contributed by atoms with Crippen molar-refractivity contribution in [1.82, 2.24) is 15.3 Å². The van der Waals surface area contributed by atoms with Crippen molar-refractivity contribution < 1.29 is 22.8 Å². The number of nitrogens with zero attached hydrogens (tertiary/aromatic N) is 2. The molecule has 1 N–H and O–H groups in total. The lowest BCUT2D eigenvalue weighted by molar-refractivity contribution is -0.136. The van der Waals surface area contributed by atoms with E-state index in [9.17, 15) is 22.8 Å². The van der Waals surface area contributed by atoms with Crippen LogP contribution in [0.15, 0.2) is 35.4 Å². The Morgan fingerprint density at radius 3 is 2.60 bits per heavy atom. The fourth-order valence-electron chi connectivity index (χ4n) is 2.89. The van der Waals surface area contributed by atoms with Crippen LogP contribution in [0.3, 0.4) is 0 Å². The topological polar surface area (TPSA) is 72.0 Å². The van der Waals surface area contributed by atoms with E-state index in [2.05, 4.69) is 15.3 Å². The lowest BCUT2D eigenvalue weighted by Gasteiger charge is -2.13. The zero-order valence-corrected chi connectivity index (χ0v) is 18.0. The van der Waals surface area contributed by atoms with Crippen LogP contribution in [0.5, 0.6) is 0 Å². The first-order valence-electron chi connectivity index (χ1n) is 8.93. The van der Waals surface area contributed by atoms with E-state index < -0.39 is 17.7 Å². The zero-order valence-electron chi connectivity index (χ0n) is 16.3. The number of aryl methyl sites for hydroxylation is 1. The van der Waals surface area contributed by atoms with E-state index in [0.29, 0.717) is 10.7 Å². The number of rotatable bonds is 6. The Balaban J connectivity index is 1.86. The quantitative estimate of drug-likeness (QED) is 0.328. The molecule has 1 aromatic carbocycles. The number of carbonyl (C=O) groups excluding carboxylic acids is 2. The molecular weight excluding hydrogens is 435 g/mol. The second-order valence-electron chi connectivity index (χ2n) is 6.52. The third kappa shape index (κ3) is 4.65. The number of thiophene rings is 1. The van der Waals surface area contributed by atoms with Gasteiger partial charge in [-0.05, 0) is 38.1 Å². The Labute approximate surface area is 179 Å². The predicted molar refractivity (Wildman–Crippen MR) is 111 cm³/mol. The van der Waals surface area contributed by atoms with Crippen molar-refractivity contribution in [2.24, 2.45) is 0 Å². The number of benzene rings is 1. The lowest BCUT2D eigenvalue weighted by atomic mass is 10.1. The van der Waals surface area contributed by atoms with Gasteiger partial charge in [-0.3, -0.25) is 9.59 Å². The van der Waals surface area contributed by atoms with Crippen LogP contribution in [0, 0.1) is 6.92 Å². The molecule has 1 atom stereocenters. The van der Waals surface area contributed by atoms with Gasteiger partial charge in [0.15, 0.2) is 5.78 Å². The maximum absolute atomic E-state index is 13.5. The first-order valence-corrected chi connectivity index (χ1v) is 10.7. The number of thioether (sulfide) groups is 1. The number of alkyl halides is 3. The van der Waals surface area contributed by atoms with Gasteiger partial charge >= 0.3 is 6.18 Å². The average molecular weight is 454 g/mol. The van der Waals surface area contributed by atoms with E-state index in [1.165, 1.54) is 23.5 Å². The summed E-state index contributed by atoms with van der Waals surface area (Å²) in [6.45, 7) is 3.33. The Bertz CT molecular complexity index is 1110. The van der Waals surface area contributed by atoms with Crippen molar-refractivity contribution in [1.29, 1.82) is 0 Å². The van der Waals surface area contributed by atoms with Crippen molar-refractivity contribution in [3.8, 4) is 0 Å². The van der Waals surface area contributed by atoms with Crippen molar-refractivity contribution in [2.45, 2.75) is 31.0 Å². The Kier molecular flexibility index (Phi) is 6.47. The smallest absolute Gasteiger partial charge is 0.359 e. The van der Waals surface area contributed by atoms with Crippen LogP contribution >= 0.6 is 23.1 Å². The highest BCUT2D eigenvalue weighted by atomic mass is 32.2. The van der Waals surface area contributed by atoms with Crippen LogP contribution in [0.4, 0.5) is 13.2 Å². The van der Waals surface area contributed by atoms with Gasteiger partial charge in [0.1, 0.15) is 10.9 Å². The van der Waals surface area contributed by atoms with Gasteiger partial charge in [0, 0.05) is 17.3 Å². The minimum absolute atomic E-state index is 0.0773. The number of amides is 1. The summed E-state index contributed by atoms with van der Waals surface area (Å²) in [4.78, 5) is 33.8. The largest absolute Gasteiger partial charge is 0.417 e. The van der Waals surface area contributed by atoms with Crippen molar-refractivity contribution in [3.63, 3.8) is 0 Å². The molecule has 0 spiro atoms. The monoisotopic (exact) mass is 453 g/mol.